The quantitative estimate of drug-likeness (QED) is 0.460. The molecule has 5 nitrogen and oxygen atoms in total. The van der Waals surface area contributed by atoms with Crippen LogP contribution < -0.4 is 5.69 Å². The first-order chi connectivity index (χ1) is 14.0. The molecule has 1 heterocycles. The second-order valence-electron chi connectivity index (χ2n) is 7.05. The van der Waals surface area contributed by atoms with Gasteiger partial charge in [0.25, 0.3) is 0 Å². The second-order valence-corrected chi connectivity index (χ2v) is 8.10. The molecule has 0 bridgehead atoms. The Morgan fingerprint density at radius 2 is 1.52 bits per heavy atom. The van der Waals surface area contributed by atoms with Crippen molar-refractivity contribution in [1.29, 1.82) is 0 Å². The van der Waals surface area contributed by atoms with Gasteiger partial charge >= 0.3 is 5.69 Å². The maximum atomic E-state index is 12.3. The van der Waals surface area contributed by atoms with Gasteiger partial charge in [0.15, 0.2) is 0 Å². The van der Waals surface area contributed by atoms with Crippen molar-refractivity contribution in [1.82, 2.24) is 19.8 Å². The standard InChI is InChI=1S/C23H22N4OS/c1-16-7-9-18(10-8-16)19-11-13-20(14-12-19)29-15-21-17(2)5-4-6-22(21)27-23(28)26(3)24-25-27/h4-14H,15H2,1-3H3. The van der Waals surface area contributed by atoms with E-state index in [0.29, 0.717) is 0 Å². The third-order valence-electron chi connectivity index (χ3n) is 4.96. The predicted molar refractivity (Wildman–Crippen MR) is 118 cm³/mol. The van der Waals surface area contributed by atoms with E-state index in [1.54, 1.807) is 18.8 Å². The molecule has 0 N–H and O–H groups in total. The lowest BCUT2D eigenvalue weighted by Crippen LogP contribution is -2.23. The molecular weight excluding hydrogens is 380 g/mol. The highest BCUT2D eigenvalue weighted by Crippen LogP contribution is 2.29. The van der Waals surface area contributed by atoms with Crippen molar-refractivity contribution in [3.63, 3.8) is 0 Å². The van der Waals surface area contributed by atoms with Gasteiger partial charge < -0.3 is 0 Å². The van der Waals surface area contributed by atoms with Crippen molar-refractivity contribution in [3.05, 3.63) is 93.9 Å². The van der Waals surface area contributed by atoms with E-state index in [9.17, 15) is 4.79 Å². The molecule has 0 saturated carbocycles. The van der Waals surface area contributed by atoms with E-state index in [0.717, 1.165) is 22.6 Å². The molecule has 0 fully saturated rings. The summed E-state index contributed by atoms with van der Waals surface area (Å²) in [5.41, 5.74) is 6.44. The first-order valence-electron chi connectivity index (χ1n) is 9.41. The molecule has 0 aliphatic carbocycles. The van der Waals surface area contributed by atoms with E-state index in [1.165, 1.54) is 30.9 Å². The van der Waals surface area contributed by atoms with Crippen molar-refractivity contribution in [3.8, 4) is 16.8 Å². The second kappa shape index (κ2) is 8.09. The van der Waals surface area contributed by atoms with Gasteiger partial charge in [-0.2, -0.15) is 9.36 Å². The molecule has 1 aromatic heterocycles. The monoisotopic (exact) mass is 402 g/mol. The maximum absolute atomic E-state index is 12.3. The molecule has 0 aliphatic heterocycles. The topological polar surface area (TPSA) is 52.7 Å². The summed E-state index contributed by atoms with van der Waals surface area (Å²) < 4.78 is 2.60. The fourth-order valence-corrected chi connectivity index (χ4v) is 4.20. The van der Waals surface area contributed by atoms with Crippen LogP contribution in [0.15, 0.2) is 76.4 Å². The minimum Gasteiger partial charge on any atom is -0.244 e. The molecule has 6 heteroatoms. The molecule has 0 radical (unpaired) electrons. The summed E-state index contributed by atoms with van der Waals surface area (Å²) in [5, 5.41) is 7.84. The Kier molecular flexibility index (Phi) is 5.36. The maximum Gasteiger partial charge on any atom is 0.368 e. The zero-order valence-corrected chi connectivity index (χ0v) is 17.5. The lowest BCUT2D eigenvalue weighted by molar-refractivity contribution is 0.692. The highest BCUT2D eigenvalue weighted by molar-refractivity contribution is 7.98. The summed E-state index contributed by atoms with van der Waals surface area (Å²) >= 11 is 1.75. The van der Waals surface area contributed by atoms with Crippen molar-refractivity contribution in [2.24, 2.45) is 7.05 Å². The van der Waals surface area contributed by atoms with Gasteiger partial charge in [-0.1, -0.05) is 54.1 Å². The molecule has 0 aliphatic rings. The van der Waals surface area contributed by atoms with Gasteiger partial charge in [-0.3, -0.25) is 0 Å². The van der Waals surface area contributed by atoms with Gasteiger partial charge in [0.05, 0.1) is 5.69 Å². The van der Waals surface area contributed by atoms with Crippen LogP contribution in [0.1, 0.15) is 16.7 Å². The highest BCUT2D eigenvalue weighted by atomic mass is 32.2. The zero-order chi connectivity index (χ0) is 20.4. The molecule has 4 rings (SSSR count). The average Bonchev–Trinajstić information content (AvgIpc) is 3.06. The average molecular weight is 403 g/mol. The van der Waals surface area contributed by atoms with Gasteiger partial charge in [-0.25, -0.2) is 4.79 Å². The Hall–Kier alpha value is -3.12. The van der Waals surface area contributed by atoms with Gasteiger partial charge in [-0.15, -0.1) is 11.8 Å². The minimum absolute atomic E-state index is 0.246. The number of aryl methyl sites for hydroxylation is 3. The van der Waals surface area contributed by atoms with E-state index >= 15 is 0 Å². The molecule has 0 amide bonds. The van der Waals surface area contributed by atoms with Crippen molar-refractivity contribution in [2.45, 2.75) is 24.5 Å². The smallest absolute Gasteiger partial charge is 0.244 e. The van der Waals surface area contributed by atoms with Crippen LogP contribution in [0.5, 0.6) is 0 Å². The van der Waals surface area contributed by atoms with Crippen LogP contribution in [0.2, 0.25) is 0 Å². The van der Waals surface area contributed by atoms with Crippen molar-refractivity contribution >= 4 is 11.8 Å². The Balaban J connectivity index is 1.56. The molecule has 0 unspecified atom stereocenters. The molecule has 3 aromatic carbocycles. The summed E-state index contributed by atoms with van der Waals surface area (Å²) in [5.74, 6) is 0.745. The SMILES string of the molecule is Cc1ccc(-c2ccc(SCc3c(C)cccc3-n3nnn(C)c3=O)cc2)cc1. The molecule has 0 saturated heterocycles. The number of nitrogens with zero attached hydrogens (tertiary/aromatic N) is 4. The number of benzene rings is 3. The molecule has 146 valence electrons. The molecular formula is C23H22N4OS. The van der Waals surface area contributed by atoms with E-state index in [2.05, 4.69) is 78.9 Å². The molecule has 29 heavy (non-hydrogen) atoms. The van der Waals surface area contributed by atoms with E-state index in [1.807, 2.05) is 12.1 Å². The highest BCUT2D eigenvalue weighted by Gasteiger charge is 2.13. The van der Waals surface area contributed by atoms with Crippen LogP contribution in [0.3, 0.4) is 0 Å². The van der Waals surface area contributed by atoms with Gasteiger partial charge in [0.2, 0.25) is 0 Å². The number of aromatic nitrogens is 4. The van der Waals surface area contributed by atoms with E-state index in [4.69, 9.17) is 0 Å². The lowest BCUT2D eigenvalue weighted by atomic mass is 10.0. The summed E-state index contributed by atoms with van der Waals surface area (Å²) in [7, 11) is 1.60. The van der Waals surface area contributed by atoms with Crippen LogP contribution in [-0.2, 0) is 12.8 Å². The van der Waals surface area contributed by atoms with Crippen LogP contribution in [0.4, 0.5) is 0 Å². The summed E-state index contributed by atoms with van der Waals surface area (Å²) in [6, 6.07) is 23.1. The Bertz CT molecular complexity index is 1190. The lowest BCUT2D eigenvalue weighted by Gasteiger charge is -2.11. The third-order valence-corrected chi connectivity index (χ3v) is 6.00. The van der Waals surface area contributed by atoms with Crippen LogP contribution >= 0.6 is 11.8 Å². The summed E-state index contributed by atoms with van der Waals surface area (Å²) in [6.07, 6.45) is 0. The first-order valence-corrected chi connectivity index (χ1v) is 10.4. The third kappa shape index (κ3) is 4.03. The van der Waals surface area contributed by atoms with Crippen LogP contribution in [-0.4, -0.2) is 19.8 Å². The molecule has 0 atom stereocenters. The minimum atomic E-state index is -0.246. The largest absolute Gasteiger partial charge is 0.368 e. The van der Waals surface area contributed by atoms with Crippen LogP contribution in [0, 0.1) is 13.8 Å². The molecule has 0 spiro atoms. The van der Waals surface area contributed by atoms with E-state index < -0.39 is 0 Å². The number of hydrogen-bond donors (Lipinski definition) is 0. The number of thioether (sulfide) groups is 1. The summed E-state index contributed by atoms with van der Waals surface area (Å²) in [6.45, 7) is 4.15. The van der Waals surface area contributed by atoms with E-state index in [-0.39, 0.29) is 5.69 Å². The predicted octanol–water partition coefficient (Wildman–Crippen LogP) is 4.54. The Morgan fingerprint density at radius 3 is 2.14 bits per heavy atom. The normalized spacial score (nSPS) is 11.0. The van der Waals surface area contributed by atoms with Gasteiger partial charge in [0, 0.05) is 17.7 Å². The Morgan fingerprint density at radius 1 is 0.862 bits per heavy atom. The number of tetrazole rings is 1. The van der Waals surface area contributed by atoms with Gasteiger partial charge in [0.1, 0.15) is 0 Å². The van der Waals surface area contributed by atoms with Crippen molar-refractivity contribution < 1.29 is 0 Å². The molecule has 4 aromatic rings. The number of rotatable bonds is 5. The number of hydrogen-bond acceptors (Lipinski definition) is 4. The fourth-order valence-electron chi connectivity index (χ4n) is 3.18. The van der Waals surface area contributed by atoms with Crippen LogP contribution in [0.25, 0.3) is 16.8 Å². The van der Waals surface area contributed by atoms with Gasteiger partial charge in [-0.05, 0) is 64.7 Å². The summed E-state index contributed by atoms with van der Waals surface area (Å²) in [4.78, 5) is 13.5. The Labute approximate surface area is 174 Å². The fraction of sp³-hybridized carbons (Fsp3) is 0.174. The first kappa shape index (κ1) is 19.2. The van der Waals surface area contributed by atoms with Crippen molar-refractivity contribution in [2.75, 3.05) is 0 Å². The zero-order valence-electron chi connectivity index (χ0n) is 16.7.